The van der Waals surface area contributed by atoms with Crippen LogP contribution in [-0.4, -0.2) is 17.9 Å². The van der Waals surface area contributed by atoms with Crippen LogP contribution in [0.1, 0.15) is 6.92 Å². The molecule has 0 saturated heterocycles. The summed E-state index contributed by atoms with van der Waals surface area (Å²) in [6.07, 6.45) is 1.16. The van der Waals surface area contributed by atoms with Crippen LogP contribution in [0.3, 0.4) is 0 Å². The van der Waals surface area contributed by atoms with Gasteiger partial charge in [-0.05, 0) is 6.92 Å². The molecule has 1 aromatic rings. The predicted molar refractivity (Wildman–Crippen MR) is 36.9 cm³/mol. The fourth-order valence-corrected chi connectivity index (χ4v) is 0.318. The zero-order valence-electron chi connectivity index (χ0n) is 6.35. The number of rotatable bonds is 1. The van der Waals surface area contributed by atoms with E-state index in [0.29, 0.717) is 0 Å². The zero-order chi connectivity index (χ0) is 9.40. The van der Waals surface area contributed by atoms with Crippen molar-refractivity contribution in [2.45, 2.75) is 6.92 Å². The first-order chi connectivity index (χ1) is 5.66. The summed E-state index contributed by atoms with van der Waals surface area (Å²) in [5.74, 6) is -0.657. The largest absolute Gasteiger partial charge is 0.518 e. The van der Waals surface area contributed by atoms with Crippen LogP contribution in [0.25, 0.3) is 0 Å². The van der Waals surface area contributed by atoms with Gasteiger partial charge in [0.1, 0.15) is 12.5 Å². The predicted octanol–water partition coefficient (Wildman–Crippen LogP) is 0.934. The van der Waals surface area contributed by atoms with Gasteiger partial charge in [0, 0.05) is 0 Å². The molecule has 1 rings (SSSR count). The van der Waals surface area contributed by atoms with E-state index in [1.807, 2.05) is 0 Å². The van der Waals surface area contributed by atoms with Gasteiger partial charge in [-0.2, -0.15) is 0 Å². The summed E-state index contributed by atoms with van der Waals surface area (Å²) >= 11 is 0. The van der Waals surface area contributed by atoms with Crippen molar-refractivity contribution in [3.63, 3.8) is 0 Å². The maximum atomic E-state index is 9.74. The van der Waals surface area contributed by atoms with E-state index in [2.05, 4.69) is 13.6 Å². The lowest BCUT2D eigenvalue weighted by molar-refractivity contribution is 0.0966. The molecule has 0 aliphatic rings. The van der Waals surface area contributed by atoms with Crippen LogP contribution in [0, 0.1) is 0 Å². The van der Waals surface area contributed by atoms with Gasteiger partial charge in [0.05, 0.1) is 6.61 Å². The van der Waals surface area contributed by atoms with E-state index in [1.165, 1.54) is 12.5 Å². The molecule has 1 N–H and O–H groups in total. The Kier molecular flexibility index (Phi) is 5.16. The highest BCUT2D eigenvalue weighted by Gasteiger charge is 1.86. The molecule has 0 amide bonds. The number of carboxylic acid groups (broad SMARTS) is 1. The van der Waals surface area contributed by atoms with E-state index in [-0.39, 0.29) is 6.61 Å². The van der Waals surface area contributed by atoms with Gasteiger partial charge >= 0.3 is 12.0 Å². The molecule has 6 nitrogen and oxygen atoms in total. The van der Waals surface area contributed by atoms with E-state index in [0.717, 1.165) is 0 Å². The van der Waals surface area contributed by atoms with Crippen LogP contribution in [-0.2, 0) is 4.74 Å². The van der Waals surface area contributed by atoms with Crippen molar-refractivity contribution in [2.75, 3.05) is 6.61 Å². The Balaban J connectivity index is 0.000000202. The molecule has 0 bridgehead atoms. The van der Waals surface area contributed by atoms with Gasteiger partial charge in [-0.25, -0.2) is 9.59 Å². The highest BCUT2D eigenvalue weighted by atomic mass is 16.7. The minimum atomic E-state index is -1.21. The van der Waals surface area contributed by atoms with Crippen LogP contribution in [0.4, 0.5) is 4.79 Å². The highest BCUT2D eigenvalue weighted by Crippen LogP contribution is 1.70. The summed E-state index contributed by atoms with van der Waals surface area (Å²) in [7, 11) is 0. The normalized spacial score (nSPS) is 8.08. The quantitative estimate of drug-likeness (QED) is 0.640. The summed E-state index contributed by atoms with van der Waals surface area (Å²) in [5, 5.41) is 7.69. The number of hydrogen-bond acceptors (Lipinski definition) is 5. The van der Waals surface area contributed by atoms with Crippen molar-refractivity contribution >= 4 is 6.16 Å². The van der Waals surface area contributed by atoms with Crippen LogP contribution in [0.15, 0.2) is 26.2 Å². The minimum Gasteiger partial charge on any atom is -0.450 e. The van der Waals surface area contributed by atoms with E-state index in [1.54, 1.807) is 6.92 Å². The second-order valence-corrected chi connectivity index (χ2v) is 1.46. The number of carbonyl (C=O) groups is 1. The monoisotopic (exact) mass is 176 g/mol. The lowest BCUT2D eigenvalue weighted by Gasteiger charge is -1.87. The van der Waals surface area contributed by atoms with Crippen LogP contribution in [0.2, 0.25) is 0 Å². The topological polar surface area (TPSA) is 89.9 Å². The van der Waals surface area contributed by atoms with Crippen molar-refractivity contribution < 1.29 is 23.5 Å². The van der Waals surface area contributed by atoms with Crippen LogP contribution in [0.5, 0.6) is 0 Å². The number of ether oxygens (including phenoxy) is 1. The van der Waals surface area contributed by atoms with Crippen molar-refractivity contribution in [1.82, 2.24) is 0 Å². The third-order valence-electron chi connectivity index (χ3n) is 0.652. The zero-order valence-corrected chi connectivity index (χ0v) is 6.35. The van der Waals surface area contributed by atoms with Crippen molar-refractivity contribution in [1.29, 1.82) is 0 Å². The molecule has 0 aliphatic heterocycles. The van der Waals surface area contributed by atoms with E-state index < -0.39 is 12.0 Å². The molecule has 0 spiro atoms. The van der Waals surface area contributed by atoms with Crippen molar-refractivity contribution in [2.24, 2.45) is 0 Å². The Bertz CT molecular complexity index is 242. The first-order valence-electron chi connectivity index (χ1n) is 3.04. The molecular weight excluding hydrogens is 168 g/mol. The third-order valence-corrected chi connectivity index (χ3v) is 0.652. The van der Waals surface area contributed by atoms with Gasteiger partial charge in [0.15, 0.2) is 0 Å². The highest BCUT2D eigenvalue weighted by molar-refractivity contribution is 5.56. The number of hydrogen-bond donors (Lipinski definition) is 1. The molecule has 1 heterocycles. The van der Waals surface area contributed by atoms with E-state index in [4.69, 9.17) is 5.11 Å². The molecule has 68 valence electrons. The Morgan fingerprint density at radius 1 is 1.58 bits per heavy atom. The molecule has 0 atom stereocenters. The Morgan fingerprint density at radius 3 is 2.17 bits per heavy atom. The van der Waals surface area contributed by atoms with Crippen molar-refractivity contribution in [3.8, 4) is 0 Å². The molecule has 0 unspecified atom stereocenters. The lowest BCUT2D eigenvalue weighted by atomic mass is 10.9. The van der Waals surface area contributed by atoms with Gasteiger partial charge in [0.25, 0.3) is 0 Å². The van der Waals surface area contributed by atoms with Gasteiger partial charge in [0.2, 0.25) is 0 Å². The first kappa shape index (κ1) is 10.3. The molecule has 0 fully saturated rings. The summed E-state index contributed by atoms with van der Waals surface area (Å²) in [5.41, 5.74) is 0. The van der Waals surface area contributed by atoms with Gasteiger partial charge in [-0.3, -0.25) is 0 Å². The van der Waals surface area contributed by atoms with Gasteiger partial charge in [-0.15, -0.1) is 0 Å². The summed E-state index contributed by atoms with van der Waals surface area (Å²) in [4.78, 5) is 19.1. The molecule has 6 heteroatoms. The summed E-state index contributed by atoms with van der Waals surface area (Å²) in [6.45, 7) is 1.85. The average Bonchev–Trinajstić information content (AvgIpc) is 2.40. The smallest absolute Gasteiger partial charge is 0.450 e. The van der Waals surface area contributed by atoms with E-state index in [9.17, 15) is 9.59 Å². The maximum Gasteiger partial charge on any atom is 0.518 e. The molecular formula is C6H8O6. The fraction of sp³-hybridized carbons (Fsp3) is 0.333. The summed E-state index contributed by atoms with van der Waals surface area (Å²) in [6, 6.07) is 0. The SMILES string of the molecule is CCOC(=O)O.O=c1occo1. The van der Waals surface area contributed by atoms with Crippen LogP contribution >= 0.6 is 0 Å². The first-order valence-corrected chi connectivity index (χ1v) is 3.04. The van der Waals surface area contributed by atoms with Crippen molar-refractivity contribution in [3.05, 3.63) is 23.1 Å². The fourth-order valence-electron chi connectivity index (χ4n) is 0.318. The molecule has 0 radical (unpaired) electrons. The minimum absolute atomic E-state index is 0.231. The standard InChI is InChI=1S/C3H2O3.C3H6O3/c4-3-5-1-2-6-3;1-2-6-3(4)5/h1-2H;2H2,1H3,(H,4,5). The Labute approximate surface area is 67.4 Å². The average molecular weight is 176 g/mol. The summed E-state index contributed by atoms with van der Waals surface area (Å²) < 4.78 is 12.2. The Morgan fingerprint density at radius 2 is 2.08 bits per heavy atom. The van der Waals surface area contributed by atoms with Crippen LogP contribution < -0.4 is 5.82 Å². The molecule has 1 aromatic heterocycles. The second kappa shape index (κ2) is 6.02. The molecule has 0 saturated carbocycles. The van der Waals surface area contributed by atoms with Gasteiger partial charge < -0.3 is 18.7 Å². The van der Waals surface area contributed by atoms with Gasteiger partial charge in [-0.1, -0.05) is 0 Å². The Hall–Kier alpha value is -1.72. The third kappa shape index (κ3) is 6.40. The molecule has 0 aliphatic carbocycles. The lowest BCUT2D eigenvalue weighted by Crippen LogP contribution is -1.97. The second-order valence-electron chi connectivity index (χ2n) is 1.46. The molecule has 12 heavy (non-hydrogen) atoms. The molecule has 0 aromatic carbocycles. The van der Waals surface area contributed by atoms with E-state index >= 15 is 0 Å². The maximum absolute atomic E-state index is 9.74.